The molecule has 17 heavy (non-hydrogen) atoms. The molecule has 0 saturated carbocycles. The van der Waals surface area contributed by atoms with Crippen LogP contribution in [0.3, 0.4) is 0 Å². The third-order valence-electron chi connectivity index (χ3n) is 3.73. The Morgan fingerprint density at radius 2 is 2.06 bits per heavy atom. The van der Waals surface area contributed by atoms with E-state index in [1.54, 1.807) is 0 Å². The molecule has 2 unspecified atom stereocenters. The van der Waals surface area contributed by atoms with E-state index in [2.05, 4.69) is 44.8 Å². The minimum atomic E-state index is 0.0498. The molecule has 0 aromatic rings. The van der Waals surface area contributed by atoms with Gasteiger partial charge in [-0.15, -0.1) is 0 Å². The second kappa shape index (κ2) is 5.68. The SMILES string of the molecule is COC1(C)CCCN(C(C)CNC(C)(C)C)C1. The first-order valence-electron chi connectivity index (χ1n) is 6.80. The number of rotatable bonds is 4. The fourth-order valence-electron chi connectivity index (χ4n) is 2.37. The Labute approximate surface area is 107 Å². The van der Waals surface area contributed by atoms with Gasteiger partial charge in [-0.05, 0) is 54.0 Å². The fraction of sp³-hybridized carbons (Fsp3) is 1.00. The lowest BCUT2D eigenvalue weighted by atomic mass is 9.93. The van der Waals surface area contributed by atoms with Crippen molar-refractivity contribution in [2.24, 2.45) is 0 Å². The van der Waals surface area contributed by atoms with E-state index in [-0.39, 0.29) is 11.1 Å². The molecule has 1 fully saturated rings. The number of ether oxygens (including phenoxy) is 1. The quantitative estimate of drug-likeness (QED) is 0.818. The molecule has 1 saturated heterocycles. The Kier molecular flexibility index (Phi) is 4.99. The van der Waals surface area contributed by atoms with Gasteiger partial charge in [0.05, 0.1) is 5.60 Å². The molecule has 102 valence electrons. The lowest BCUT2D eigenvalue weighted by Gasteiger charge is -2.42. The second-order valence-corrected chi connectivity index (χ2v) is 6.71. The molecular formula is C14H30N2O. The zero-order chi connectivity index (χ0) is 13.1. The van der Waals surface area contributed by atoms with Crippen LogP contribution in [0.2, 0.25) is 0 Å². The lowest BCUT2D eigenvalue weighted by molar-refractivity contribution is -0.0596. The van der Waals surface area contributed by atoms with Gasteiger partial charge in [-0.2, -0.15) is 0 Å². The summed E-state index contributed by atoms with van der Waals surface area (Å²) in [7, 11) is 1.83. The van der Waals surface area contributed by atoms with Gasteiger partial charge >= 0.3 is 0 Å². The predicted octanol–water partition coefficient (Wildman–Crippen LogP) is 2.26. The van der Waals surface area contributed by atoms with Crippen molar-refractivity contribution in [3.05, 3.63) is 0 Å². The molecule has 1 aliphatic rings. The van der Waals surface area contributed by atoms with Crippen molar-refractivity contribution in [2.75, 3.05) is 26.7 Å². The van der Waals surface area contributed by atoms with Gasteiger partial charge < -0.3 is 10.1 Å². The highest BCUT2D eigenvalue weighted by atomic mass is 16.5. The van der Waals surface area contributed by atoms with Crippen LogP contribution in [0.15, 0.2) is 0 Å². The van der Waals surface area contributed by atoms with E-state index in [9.17, 15) is 0 Å². The van der Waals surface area contributed by atoms with E-state index >= 15 is 0 Å². The van der Waals surface area contributed by atoms with E-state index < -0.39 is 0 Å². The highest BCUT2D eigenvalue weighted by Gasteiger charge is 2.32. The Balaban J connectivity index is 2.44. The van der Waals surface area contributed by atoms with Crippen LogP contribution in [0, 0.1) is 0 Å². The Morgan fingerprint density at radius 1 is 1.41 bits per heavy atom. The van der Waals surface area contributed by atoms with Crippen LogP contribution in [0.1, 0.15) is 47.5 Å². The molecule has 1 heterocycles. The Hall–Kier alpha value is -0.120. The smallest absolute Gasteiger partial charge is 0.0777 e. The molecule has 3 nitrogen and oxygen atoms in total. The second-order valence-electron chi connectivity index (χ2n) is 6.71. The first-order valence-corrected chi connectivity index (χ1v) is 6.80. The molecule has 0 aromatic heterocycles. The number of likely N-dealkylation sites (tertiary alicyclic amines) is 1. The summed E-state index contributed by atoms with van der Waals surface area (Å²) in [4.78, 5) is 2.55. The summed E-state index contributed by atoms with van der Waals surface area (Å²) in [6.45, 7) is 14.5. The van der Waals surface area contributed by atoms with Crippen LogP contribution >= 0.6 is 0 Å². The fourth-order valence-corrected chi connectivity index (χ4v) is 2.37. The third-order valence-corrected chi connectivity index (χ3v) is 3.73. The highest BCUT2D eigenvalue weighted by molar-refractivity contribution is 4.88. The standard InChI is InChI=1S/C14H30N2O/c1-12(10-15-13(2,3)4)16-9-7-8-14(5,11-16)17-6/h12,15H,7-11H2,1-6H3. The summed E-state index contributed by atoms with van der Waals surface area (Å²) in [6.07, 6.45) is 2.42. The molecule has 0 amide bonds. The summed E-state index contributed by atoms with van der Waals surface area (Å²) >= 11 is 0. The topological polar surface area (TPSA) is 24.5 Å². The zero-order valence-electron chi connectivity index (χ0n) is 12.5. The van der Waals surface area contributed by atoms with Crippen LogP contribution in [-0.4, -0.2) is 48.8 Å². The monoisotopic (exact) mass is 242 g/mol. The van der Waals surface area contributed by atoms with E-state index in [1.807, 2.05) is 7.11 Å². The van der Waals surface area contributed by atoms with Crippen molar-refractivity contribution in [1.29, 1.82) is 0 Å². The average molecular weight is 242 g/mol. The minimum absolute atomic E-state index is 0.0498. The van der Waals surface area contributed by atoms with Crippen LogP contribution in [0.25, 0.3) is 0 Å². The predicted molar refractivity (Wildman–Crippen MR) is 73.4 cm³/mol. The summed E-state index contributed by atoms with van der Waals surface area (Å²) in [5.41, 5.74) is 0.253. The van der Waals surface area contributed by atoms with Crippen molar-refractivity contribution in [3.63, 3.8) is 0 Å². The summed E-state index contributed by atoms with van der Waals surface area (Å²) in [5, 5.41) is 3.58. The molecule has 0 radical (unpaired) electrons. The molecule has 1 aliphatic heterocycles. The number of hydrogen-bond donors (Lipinski definition) is 1. The largest absolute Gasteiger partial charge is 0.377 e. The van der Waals surface area contributed by atoms with Gasteiger partial charge in [-0.1, -0.05) is 0 Å². The first kappa shape index (κ1) is 14.9. The lowest BCUT2D eigenvalue weighted by Crippen LogP contribution is -2.54. The zero-order valence-corrected chi connectivity index (χ0v) is 12.5. The van der Waals surface area contributed by atoms with Crippen LogP contribution in [0.4, 0.5) is 0 Å². The first-order chi connectivity index (χ1) is 7.76. The molecule has 0 aromatic carbocycles. The summed E-state index contributed by atoms with van der Waals surface area (Å²) in [5.74, 6) is 0. The van der Waals surface area contributed by atoms with E-state index in [1.165, 1.54) is 19.4 Å². The van der Waals surface area contributed by atoms with Gasteiger partial charge in [0.15, 0.2) is 0 Å². The molecule has 1 N–H and O–H groups in total. The average Bonchev–Trinajstić information content (AvgIpc) is 2.25. The van der Waals surface area contributed by atoms with Gasteiger partial charge in [-0.25, -0.2) is 0 Å². The van der Waals surface area contributed by atoms with Gasteiger partial charge in [0.2, 0.25) is 0 Å². The van der Waals surface area contributed by atoms with Crippen LogP contribution < -0.4 is 5.32 Å². The van der Waals surface area contributed by atoms with E-state index in [0.717, 1.165) is 13.1 Å². The maximum Gasteiger partial charge on any atom is 0.0777 e. The van der Waals surface area contributed by atoms with E-state index in [0.29, 0.717) is 6.04 Å². The van der Waals surface area contributed by atoms with Crippen molar-refractivity contribution < 1.29 is 4.74 Å². The van der Waals surface area contributed by atoms with Crippen LogP contribution in [0.5, 0.6) is 0 Å². The Bertz CT molecular complexity index is 237. The van der Waals surface area contributed by atoms with Crippen molar-refractivity contribution in [2.45, 2.75) is 64.6 Å². The summed E-state index contributed by atoms with van der Waals surface area (Å²) in [6, 6.07) is 0.573. The number of nitrogens with zero attached hydrogens (tertiary/aromatic N) is 1. The van der Waals surface area contributed by atoms with Crippen molar-refractivity contribution in [1.82, 2.24) is 10.2 Å². The highest BCUT2D eigenvalue weighted by Crippen LogP contribution is 2.25. The molecule has 0 bridgehead atoms. The van der Waals surface area contributed by atoms with Gasteiger partial charge in [0.1, 0.15) is 0 Å². The van der Waals surface area contributed by atoms with Gasteiger partial charge in [0.25, 0.3) is 0 Å². The van der Waals surface area contributed by atoms with Crippen molar-refractivity contribution >= 4 is 0 Å². The number of nitrogens with one attached hydrogen (secondary N) is 1. The molecular weight excluding hydrogens is 212 g/mol. The normalized spacial score (nSPS) is 29.3. The van der Waals surface area contributed by atoms with Gasteiger partial charge in [-0.3, -0.25) is 4.90 Å². The maximum atomic E-state index is 5.64. The number of methoxy groups -OCH3 is 1. The van der Waals surface area contributed by atoms with Gasteiger partial charge in [0, 0.05) is 31.8 Å². The summed E-state index contributed by atoms with van der Waals surface area (Å²) < 4.78 is 5.64. The minimum Gasteiger partial charge on any atom is -0.377 e. The number of hydrogen-bond acceptors (Lipinski definition) is 3. The molecule has 2 atom stereocenters. The van der Waals surface area contributed by atoms with Crippen molar-refractivity contribution in [3.8, 4) is 0 Å². The maximum absolute atomic E-state index is 5.64. The molecule has 0 aliphatic carbocycles. The molecule has 3 heteroatoms. The third kappa shape index (κ3) is 4.94. The Morgan fingerprint density at radius 3 is 2.59 bits per heavy atom. The molecule has 1 rings (SSSR count). The van der Waals surface area contributed by atoms with E-state index in [4.69, 9.17) is 4.74 Å². The van der Waals surface area contributed by atoms with Crippen LogP contribution in [-0.2, 0) is 4.74 Å². The molecule has 0 spiro atoms. The number of piperidine rings is 1.